The molecule has 4 heterocycles. The lowest BCUT2D eigenvalue weighted by molar-refractivity contribution is 0.0601. The number of halogens is 2. The fraction of sp³-hybridized carbons (Fsp3) is 0.375. The number of ether oxygens (including phenoxy) is 2. The molecule has 0 atom stereocenters. The molecular weight excluding hydrogens is 585 g/mol. The molecule has 0 bridgehead atoms. The molecule has 1 saturated heterocycles. The minimum atomic E-state index is -0.396. The van der Waals surface area contributed by atoms with Crippen molar-refractivity contribution >= 4 is 28.6 Å². The molecule has 0 N–H and O–H groups in total. The van der Waals surface area contributed by atoms with E-state index in [4.69, 9.17) is 26.1 Å². The van der Waals surface area contributed by atoms with Crippen LogP contribution in [0.15, 0.2) is 61.2 Å². The zero-order valence-electron chi connectivity index (χ0n) is 25.0. The van der Waals surface area contributed by atoms with Crippen LogP contribution >= 0.6 is 11.6 Å². The molecule has 0 amide bonds. The average Bonchev–Trinajstić information content (AvgIpc) is 3.76. The molecule has 44 heavy (non-hydrogen) atoms. The van der Waals surface area contributed by atoms with Crippen molar-refractivity contribution in [1.29, 1.82) is 0 Å². The van der Waals surface area contributed by atoms with Crippen LogP contribution in [0.4, 0.5) is 4.39 Å². The molecule has 1 fully saturated rings. The van der Waals surface area contributed by atoms with Gasteiger partial charge in [-0.2, -0.15) is 0 Å². The number of esters is 1. The summed E-state index contributed by atoms with van der Waals surface area (Å²) in [6.45, 7) is 7.34. The van der Waals surface area contributed by atoms with Crippen LogP contribution in [0.5, 0.6) is 5.88 Å². The normalized spacial score (nSPS) is 14.5. The van der Waals surface area contributed by atoms with Crippen LogP contribution in [0.2, 0.25) is 5.02 Å². The molecular formula is C32H35ClFN7O3. The molecule has 1 aliphatic heterocycles. The standard InChI is InChI=1S/C32H35ClFN7O3/c1-21(2)40-20-35-16-26(40)17-39-29-14-22(32(42)43-3)5-7-28(29)36-30(39)18-38-11-8-25(9-12-38)41-13-10-31(37-41)44-19-23-4-6-24(33)15-27(23)34/h4-7,10,13-16,20-21,25H,8-9,11-12,17-19H2,1-3H3. The molecule has 5 aromatic rings. The Morgan fingerprint density at radius 2 is 1.93 bits per heavy atom. The third-order valence-corrected chi connectivity index (χ3v) is 8.38. The van der Waals surface area contributed by atoms with Crippen LogP contribution in [-0.2, 0) is 24.4 Å². The van der Waals surface area contributed by atoms with Gasteiger partial charge in [0.1, 0.15) is 18.2 Å². The SMILES string of the molecule is COC(=O)c1ccc2nc(CN3CCC(n4ccc(OCc5ccc(Cl)cc5F)n4)CC3)n(Cc3cncn3C(C)C)c2c1. The van der Waals surface area contributed by atoms with Crippen LogP contribution in [0, 0.1) is 5.82 Å². The molecule has 12 heteroatoms. The van der Waals surface area contributed by atoms with Gasteiger partial charge in [-0.15, -0.1) is 5.10 Å². The predicted octanol–water partition coefficient (Wildman–Crippen LogP) is 6.05. The van der Waals surface area contributed by atoms with Crippen molar-refractivity contribution in [3.8, 4) is 5.88 Å². The van der Waals surface area contributed by atoms with Crippen molar-refractivity contribution in [1.82, 2.24) is 33.8 Å². The van der Waals surface area contributed by atoms with Crippen LogP contribution < -0.4 is 4.74 Å². The number of carbonyl (C=O) groups excluding carboxylic acids is 1. The van der Waals surface area contributed by atoms with Gasteiger partial charge in [0, 0.05) is 48.2 Å². The maximum absolute atomic E-state index is 14.1. The second-order valence-electron chi connectivity index (χ2n) is 11.4. The number of rotatable bonds is 10. The van der Waals surface area contributed by atoms with Crippen molar-refractivity contribution < 1.29 is 18.7 Å². The number of fused-ring (bicyclic) bond motifs is 1. The number of benzene rings is 2. The Hall–Kier alpha value is -4.22. The lowest BCUT2D eigenvalue weighted by Gasteiger charge is -2.31. The first kappa shape index (κ1) is 29.8. The summed E-state index contributed by atoms with van der Waals surface area (Å²) in [4.78, 5) is 24.1. The lowest BCUT2D eigenvalue weighted by Crippen LogP contribution is -2.35. The monoisotopic (exact) mass is 619 g/mol. The van der Waals surface area contributed by atoms with E-state index in [1.165, 1.54) is 13.2 Å². The van der Waals surface area contributed by atoms with Gasteiger partial charge in [0.05, 0.1) is 54.9 Å². The summed E-state index contributed by atoms with van der Waals surface area (Å²) in [5, 5.41) is 4.96. The second kappa shape index (κ2) is 12.8. The Morgan fingerprint density at radius 1 is 1.11 bits per heavy atom. The van der Waals surface area contributed by atoms with Crippen LogP contribution in [-0.4, -0.2) is 60.0 Å². The third-order valence-electron chi connectivity index (χ3n) is 8.14. The highest BCUT2D eigenvalue weighted by molar-refractivity contribution is 6.30. The summed E-state index contributed by atoms with van der Waals surface area (Å²) >= 11 is 5.85. The Bertz CT molecular complexity index is 1770. The maximum Gasteiger partial charge on any atom is 0.337 e. The maximum atomic E-state index is 14.1. The Labute approximate surface area is 260 Å². The van der Waals surface area contributed by atoms with E-state index < -0.39 is 5.82 Å². The van der Waals surface area contributed by atoms with Crippen molar-refractivity contribution in [3.63, 3.8) is 0 Å². The molecule has 0 radical (unpaired) electrons. The summed E-state index contributed by atoms with van der Waals surface area (Å²) in [6, 6.07) is 12.4. The fourth-order valence-corrected chi connectivity index (χ4v) is 5.89. The van der Waals surface area contributed by atoms with Gasteiger partial charge >= 0.3 is 5.97 Å². The number of likely N-dealkylation sites (tertiary alicyclic amines) is 1. The minimum Gasteiger partial charge on any atom is -0.472 e. The predicted molar refractivity (Wildman–Crippen MR) is 164 cm³/mol. The molecule has 2 aromatic carbocycles. The van der Waals surface area contributed by atoms with Gasteiger partial charge in [-0.25, -0.2) is 19.2 Å². The lowest BCUT2D eigenvalue weighted by atomic mass is 10.1. The summed E-state index contributed by atoms with van der Waals surface area (Å²) in [7, 11) is 1.39. The number of imidazole rings is 2. The Balaban J connectivity index is 1.14. The van der Waals surface area contributed by atoms with E-state index in [2.05, 4.69) is 38.0 Å². The number of nitrogens with zero attached hydrogens (tertiary/aromatic N) is 7. The third kappa shape index (κ3) is 6.34. The molecule has 0 unspecified atom stereocenters. The topological polar surface area (TPSA) is 92.2 Å². The van der Waals surface area contributed by atoms with E-state index in [1.807, 2.05) is 41.6 Å². The van der Waals surface area contributed by atoms with Crippen molar-refractivity contribution in [3.05, 3.63) is 94.7 Å². The van der Waals surface area contributed by atoms with E-state index in [0.717, 1.165) is 48.5 Å². The number of carbonyl (C=O) groups is 1. The minimum absolute atomic E-state index is 0.0819. The van der Waals surface area contributed by atoms with E-state index in [1.54, 1.807) is 18.2 Å². The zero-order chi connectivity index (χ0) is 30.8. The molecule has 0 spiro atoms. The van der Waals surface area contributed by atoms with E-state index in [9.17, 15) is 9.18 Å². The zero-order valence-corrected chi connectivity index (χ0v) is 25.7. The number of hydrogen-bond acceptors (Lipinski definition) is 7. The van der Waals surface area contributed by atoms with Crippen LogP contribution in [0.3, 0.4) is 0 Å². The van der Waals surface area contributed by atoms with Gasteiger partial charge in [0.2, 0.25) is 5.88 Å². The smallest absolute Gasteiger partial charge is 0.337 e. The fourth-order valence-electron chi connectivity index (χ4n) is 5.73. The van der Waals surface area contributed by atoms with Gasteiger partial charge < -0.3 is 18.6 Å². The van der Waals surface area contributed by atoms with Crippen molar-refractivity contribution in [2.75, 3.05) is 20.2 Å². The van der Waals surface area contributed by atoms with Gasteiger partial charge in [-0.05, 0) is 57.0 Å². The Morgan fingerprint density at radius 3 is 2.68 bits per heavy atom. The quantitative estimate of drug-likeness (QED) is 0.176. The number of aromatic nitrogens is 6. The van der Waals surface area contributed by atoms with Gasteiger partial charge in [-0.1, -0.05) is 17.7 Å². The van der Waals surface area contributed by atoms with E-state index in [0.29, 0.717) is 35.1 Å². The first-order valence-corrected chi connectivity index (χ1v) is 15.1. The molecule has 3 aromatic heterocycles. The number of methoxy groups -OCH3 is 1. The van der Waals surface area contributed by atoms with Gasteiger partial charge in [0.25, 0.3) is 0 Å². The largest absolute Gasteiger partial charge is 0.472 e. The molecule has 6 rings (SSSR count). The molecule has 0 aliphatic carbocycles. The summed E-state index contributed by atoms with van der Waals surface area (Å²) in [5.41, 5.74) is 3.71. The van der Waals surface area contributed by atoms with Gasteiger partial charge in [0.15, 0.2) is 0 Å². The number of hydrogen-bond donors (Lipinski definition) is 0. The van der Waals surface area contributed by atoms with Crippen LogP contribution in [0.25, 0.3) is 11.0 Å². The van der Waals surface area contributed by atoms with Crippen molar-refractivity contribution in [2.45, 2.75) is 58.5 Å². The molecule has 0 saturated carbocycles. The summed E-state index contributed by atoms with van der Waals surface area (Å²) < 4.78 is 31.1. The highest BCUT2D eigenvalue weighted by Gasteiger charge is 2.24. The highest BCUT2D eigenvalue weighted by atomic mass is 35.5. The molecule has 10 nitrogen and oxygen atoms in total. The van der Waals surface area contributed by atoms with E-state index >= 15 is 0 Å². The average molecular weight is 620 g/mol. The number of piperidine rings is 1. The highest BCUT2D eigenvalue weighted by Crippen LogP contribution is 2.27. The van der Waals surface area contributed by atoms with E-state index in [-0.39, 0.29) is 24.7 Å². The molecule has 230 valence electrons. The summed E-state index contributed by atoms with van der Waals surface area (Å²) in [5.74, 6) is 0.621. The summed E-state index contributed by atoms with van der Waals surface area (Å²) in [6.07, 6.45) is 7.49. The molecule has 1 aliphatic rings. The second-order valence-corrected chi connectivity index (χ2v) is 11.8. The first-order valence-electron chi connectivity index (χ1n) is 14.7. The van der Waals surface area contributed by atoms with Crippen LogP contribution in [0.1, 0.15) is 66.2 Å². The van der Waals surface area contributed by atoms with Crippen molar-refractivity contribution in [2.24, 2.45) is 0 Å². The van der Waals surface area contributed by atoms with Gasteiger partial charge in [-0.3, -0.25) is 9.58 Å². The Kier molecular flexibility index (Phi) is 8.67. The first-order chi connectivity index (χ1) is 21.3.